The number of thioether (sulfide) groups is 1. The second-order valence-electron chi connectivity index (χ2n) is 6.99. The van der Waals surface area contributed by atoms with Crippen LogP contribution in [-0.4, -0.2) is 53.3 Å². The Balaban J connectivity index is 2.31. The molecule has 1 fully saturated rings. The molecule has 0 aromatic heterocycles. The van der Waals surface area contributed by atoms with E-state index < -0.39 is 5.60 Å². The SMILES string of the molecule is CC(C)OC(=O)CSCC1CCCN(C(=O)OC(C)(C)C)C1. The molecule has 1 unspecified atom stereocenters. The van der Waals surface area contributed by atoms with Crippen molar-refractivity contribution in [1.29, 1.82) is 0 Å². The lowest BCUT2D eigenvalue weighted by atomic mass is 10.0. The fraction of sp³-hybridized carbons (Fsp3) is 0.875. The third-order valence-corrected chi connectivity index (χ3v) is 4.26. The molecule has 0 aliphatic carbocycles. The highest BCUT2D eigenvalue weighted by atomic mass is 32.2. The molecule has 1 heterocycles. The Morgan fingerprint density at radius 2 is 2.00 bits per heavy atom. The number of hydrogen-bond donors (Lipinski definition) is 0. The van der Waals surface area contributed by atoms with Crippen molar-refractivity contribution >= 4 is 23.8 Å². The molecule has 22 heavy (non-hydrogen) atoms. The highest BCUT2D eigenvalue weighted by molar-refractivity contribution is 7.99. The molecular weight excluding hydrogens is 302 g/mol. The van der Waals surface area contributed by atoms with Crippen molar-refractivity contribution in [3.8, 4) is 0 Å². The summed E-state index contributed by atoms with van der Waals surface area (Å²) >= 11 is 1.58. The smallest absolute Gasteiger partial charge is 0.410 e. The zero-order chi connectivity index (χ0) is 16.8. The van der Waals surface area contributed by atoms with Crippen LogP contribution in [-0.2, 0) is 14.3 Å². The number of rotatable bonds is 5. The quantitative estimate of drug-likeness (QED) is 0.723. The maximum atomic E-state index is 12.1. The van der Waals surface area contributed by atoms with Gasteiger partial charge in [-0.1, -0.05) is 0 Å². The molecule has 5 nitrogen and oxygen atoms in total. The Bertz CT molecular complexity index is 379. The van der Waals surface area contributed by atoms with Crippen LogP contribution in [0.5, 0.6) is 0 Å². The fourth-order valence-corrected chi connectivity index (χ4v) is 3.26. The topological polar surface area (TPSA) is 55.8 Å². The Hall–Kier alpha value is -0.910. The summed E-state index contributed by atoms with van der Waals surface area (Å²) < 4.78 is 10.5. The molecule has 6 heteroatoms. The van der Waals surface area contributed by atoms with Gasteiger partial charge in [0.1, 0.15) is 5.60 Å². The zero-order valence-corrected chi connectivity index (χ0v) is 15.2. The Morgan fingerprint density at radius 3 is 2.59 bits per heavy atom. The summed E-state index contributed by atoms with van der Waals surface area (Å²) in [7, 11) is 0. The molecule has 1 rings (SSSR count). The average molecular weight is 331 g/mol. The van der Waals surface area contributed by atoms with Gasteiger partial charge in [-0.3, -0.25) is 4.79 Å². The standard InChI is InChI=1S/C16H29NO4S/c1-12(2)20-14(18)11-22-10-13-7-6-8-17(9-13)15(19)21-16(3,4)5/h12-13H,6-11H2,1-5H3. The van der Waals surface area contributed by atoms with Crippen molar-refractivity contribution in [2.75, 3.05) is 24.6 Å². The van der Waals surface area contributed by atoms with Crippen molar-refractivity contribution in [3.63, 3.8) is 0 Å². The van der Waals surface area contributed by atoms with Gasteiger partial charge in [0, 0.05) is 13.1 Å². The molecule has 128 valence electrons. The summed E-state index contributed by atoms with van der Waals surface area (Å²) in [4.78, 5) is 25.4. The first kappa shape index (κ1) is 19.1. The van der Waals surface area contributed by atoms with Gasteiger partial charge in [-0.25, -0.2) is 4.79 Å². The number of carbonyl (C=O) groups excluding carboxylic acids is 2. The van der Waals surface area contributed by atoms with Gasteiger partial charge >= 0.3 is 12.1 Å². The predicted molar refractivity (Wildman–Crippen MR) is 89.1 cm³/mol. The van der Waals surface area contributed by atoms with Crippen LogP contribution in [0.4, 0.5) is 4.79 Å². The van der Waals surface area contributed by atoms with Gasteiger partial charge in [0.15, 0.2) is 0 Å². The lowest BCUT2D eigenvalue weighted by molar-refractivity contribution is -0.144. The second-order valence-corrected chi connectivity index (χ2v) is 8.02. The molecule has 1 atom stereocenters. The van der Waals surface area contributed by atoms with E-state index in [1.165, 1.54) is 0 Å². The monoisotopic (exact) mass is 331 g/mol. The zero-order valence-electron chi connectivity index (χ0n) is 14.4. The van der Waals surface area contributed by atoms with E-state index in [4.69, 9.17) is 9.47 Å². The minimum atomic E-state index is -0.459. The molecule has 0 spiro atoms. The van der Waals surface area contributed by atoms with E-state index in [0.717, 1.165) is 25.1 Å². The van der Waals surface area contributed by atoms with Crippen molar-refractivity contribution in [2.24, 2.45) is 5.92 Å². The van der Waals surface area contributed by atoms with Crippen LogP contribution in [0.3, 0.4) is 0 Å². The second kappa shape index (κ2) is 8.65. The number of ether oxygens (including phenoxy) is 2. The maximum absolute atomic E-state index is 12.1. The molecule has 0 N–H and O–H groups in total. The van der Waals surface area contributed by atoms with E-state index in [2.05, 4.69) is 0 Å². The highest BCUT2D eigenvalue weighted by Gasteiger charge is 2.27. The van der Waals surface area contributed by atoms with Gasteiger partial charge in [-0.2, -0.15) is 0 Å². The average Bonchev–Trinajstić information content (AvgIpc) is 2.36. The van der Waals surface area contributed by atoms with Gasteiger partial charge in [-0.05, 0) is 59.1 Å². The molecule has 0 bridgehead atoms. The molecule has 0 radical (unpaired) electrons. The number of amides is 1. The van der Waals surface area contributed by atoms with E-state index in [1.54, 1.807) is 16.7 Å². The first-order chi connectivity index (χ1) is 10.2. The van der Waals surface area contributed by atoms with Crippen molar-refractivity contribution in [2.45, 2.75) is 59.2 Å². The van der Waals surface area contributed by atoms with Gasteiger partial charge < -0.3 is 14.4 Å². The Kier molecular flexibility index (Phi) is 7.53. The predicted octanol–water partition coefficient (Wildman–Crippen LogP) is 3.32. The van der Waals surface area contributed by atoms with Crippen LogP contribution in [0.15, 0.2) is 0 Å². The molecule has 1 amide bonds. The van der Waals surface area contributed by atoms with Crippen molar-refractivity contribution < 1.29 is 19.1 Å². The van der Waals surface area contributed by atoms with Gasteiger partial charge in [0.25, 0.3) is 0 Å². The molecule has 0 aromatic carbocycles. The first-order valence-corrected chi connectivity index (χ1v) is 9.08. The first-order valence-electron chi connectivity index (χ1n) is 7.92. The minimum absolute atomic E-state index is 0.0644. The normalized spacial score (nSPS) is 19.2. The lowest BCUT2D eigenvalue weighted by Gasteiger charge is -2.34. The Morgan fingerprint density at radius 1 is 1.32 bits per heavy atom. The van der Waals surface area contributed by atoms with Gasteiger partial charge in [0.05, 0.1) is 11.9 Å². The molecule has 1 aliphatic heterocycles. The summed E-state index contributed by atoms with van der Waals surface area (Å²) in [6.45, 7) is 10.8. The summed E-state index contributed by atoms with van der Waals surface area (Å²) in [5.74, 6) is 1.49. The van der Waals surface area contributed by atoms with E-state index >= 15 is 0 Å². The number of piperidine rings is 1. The summed E-state index contributed by atoms with van der Waals surface area (Å²) in [5, 5.41) is 0. The largest absolute Gasteiger partial charge is 0.462 e. The van der Waals surface area contributed by atoms with E-state index in [9.17, 15) is 9.59 Å². The summed E-state index contributed by atoms with van der Waals surface area (Å²) in [6, 6.07) is 0. The molecule has 0 saturated carbocycles. The number of esters is 1. The van der Waals surface area contributed by atoms with Crippen LogP contribution in [0, 0.1) is 5.92 Å². The third kappa shape index (κ3) is 7.92. The maximum Gasteiger partial charge on any atom is 0.410 e. The van der Waals surface area contributed by atoms with Crippen molar-refractivity contribution in [1.82, 2.24) is 4.90 Å². The summed E-state index contributed by atoms with van der Waals surface area (Å²) in [5.41, 5.74) is -0.459. The highest BCUT2D eigenvalue weighted by Crippen LogP contribution is 2.22. The number of nitrogens with zero attached hydrogens (tertiary/aromatic N) is 1. The number of hydrogen-bond acceptors (Lipinski definition) is 5. The van der Waals surface area contributed by atoms with E-state index in [-0.39, 0.29) is 18.2 Å². The lowest BCUT2D eigenvalue weighted by Crippen LogP contribution is -2.43. The van der Waals surface area contributed by atoms with Gasteiger partial charge in [-0.15, -0.1) is 11.8 Å². The summed E-state index contributed by atoms with van der Waals surface area (Å²) in [6.07, 6.45) is 1.78. The molecule has 0 aromatic rings. The number of likely N-dealkylation sites (tertiary alicyclic amines) is 1. The minimum Gasteiger partial charge on any atom is -0.462 e. The van der Waals surface area contributed by atoms with Crippen molar-refractivity contribution in [3.05, 3.63) is 0 Å². The van der Waals surface area contributed by atoms with Crippen LogP contribution >= 0.6 is 11.8 Å². The van der Waals surface area contributed by atoms with Crippen LogP contribution in [0.2, 0.25) is 0 Å². The molecule has 1 saturated heterocycles. The number of carbonyl (C=O) groups is 2. The van der Waals surface area contributed by atoms with E-state index in [0.29, 0.717) is 18.2 Å². The van der Waals surface area contributed by atoms with E-state index in [1.807, 2.05) is 34.6 Å². The van der Waals surface area contributed by atoms with Crippen LogP contribution in [0.1, 0.15) is 47.5 Å². The van der Waals surface area contributed by atoms with Gasteiger partial charge in [0.2, 0.25) is 0 Å². The third-order valence-electron chi connectivity index (χ3n) is 3.11. The molecular formula is C16H29NO4S. The fourth-order valence-electron chi connectivity index (χ4n) is 2.30. The van der Waals surface area contributed by atoms with Crippen LogP contribution in [0.25, 0.3) is 0 Å². The molecule has 1 aliphatic rings. The van der Waals surface area contributed by atoms with Crippen LogP contribution < -0.4 is 0 Å². The Labute approximate surface area is 138 Å².